The van der Waals surface area contributed by atoms with E-state index in [1.807, 2.05) is 4.90 Å². The maximum absolute atomic E-state index is 11.9. The molecule has 0 amide bonds. The lowest BCUT2D eigenvalue weighted by Gasteiger charge is -2.28. The third-order valence-electron chi connectivity index (χ3n) is 3.22. The summed E-state index contributed by atoms with van der Waals surface area (Å²) in [5.74, 6) is -0.185. The highest BCUT2D eigenvalue weighted by Crippen LogP contribution is 2.42. The van der Waals surface area contributed by atoms with Gasteiger partial charge in [0, 0.05) is 26.3 Å². The largest absolute Gasteiger partial charge is 0.396 e. The molecule has 2 N–H and O–H groups in total. The Labute approximate surface area is 117 Å². The van der Waals surface area contributed by atoms with Crippen LogP contribution in [0.5, 0.6) is 0 Å². The lowest BCUT2D eigenvalue weighted by atomic mass is 10.1. The predicted molar refractivity (Wildman–Crippen MR) is 77.9 cm³/mol. The average molecular weight is 302 g/mol. The molecule has 19 heavy (non-hydrogen) atoms. The molecule has 2 heterocycles. The van der Waals surface area contributed by atoms with Gasteiger partial charge in [-0.05, 0) is 19.3 Å². The maximum atomic E-state index is 11.9. The number of anilines is 2. The van der Waals surface area contributed by atoms with Crippen molar-refractivity contribution in [1.29, 1.82) is 0 Å². The van der Waals surface area contributed by atoms with Gasteiger partial charge in [-0.2, -0.15) is 0 Å². The monoisotopic (exact) mass is 302 g/mol. The van der Waals surface area contributed by atoms with Crippen LogP contribution in [0.1, 0.15) is 35.9 Å². The number of thiophene rings is 1. The molecular formula is C12H18N2O3S2. The first kappa shape index (κ1) is 14.3. The highest BCUT2D eigenvalue weighted by Gasteiger charge is 2.29. The van der Waals surface area contributed by atoms with Crippen LogP contribution < -0.4 is 10.6 Å². The van der Waals surface area contributed by atoms with Crippen LogP contribution >= 0.6 is 11.3 Å². The van der Waals surface area contributed by atoms with Crippen molar-refractivity contribution in [1.82, 2.24) is 0 Å². The van der Waals surface area contributed by atoms with Gasteiger partial charge in [-0.15, -0.1) is 11.3 Å². The topological polar surface area (TPSA) is 80.5 Å². The van der Waals surface area contributed by atoms with E-state index in [9.17, 15) is 13.2 Å². The summed E-state index contributed by atoms with van der Waals surface area (Å²) in [7, 11) is -3.43. The summed E-state index contributed by atoms with van der Waals surface area (Å²) >= 11 is 1.20. The minimum absolute atomic E-state index is 0.112. The first-order chi connectivity index (χ1) is 8.82. The number of nitrogen functional groups attached to an aromatic ring is 1. The molecule has 0 aliphatic carbocycles. The van der Waals surface area contributed by atoms with Gasteiger partial charge in [0.2, 0.25) is 0 Å². The lowest BCUT2D eigenvalue weighted by molar-refractivity contribution is 0.102. The Hall–Kier alpha value is -1.08. The third kappa shape index (κ3) is 2.76. The number of piperidine rings is 1. The van der Waals surface area contributed by atoms with Gasteiger partial charge in [0.25, 0.3) is 0 Å². The van der Waals surface area contributed by atoms with E-state index in [4.69, 9.17) is 5.73 Å². The van der Waals surface area contributed by atoms with Gasteiger partial charge in [0.05, 0.1) is 10.6 Å². The number of Topliss-reactive ketones (excluding diaryl/α,β-unsaturated/α-hetero) is 1. The molecule has 1 aromatic rings. The average Bonchev–Trinajstić information content (AvgIpc) is 2.68. The Bertz CT molecular complexity index is 599. The molecule has 1 saturated heterocycles. The first-order valence-corrected chi connectivity index (χ1v) is 8.91. The Morgan fingerprint density at radius 3 is 2.32 bits per heavy atom. The summed E-state index contributed by atoms with van der Waals surface area (Å²) < 4.78 is 23.9. The van der Waals surface area contributed by atoms with Gasteiger partial charge in [-0.25, -0.2) is 8.42 Å². The number of carbonyl (C=O) groups excluding carboxylic acids is 1. The molecule has 1 aromatic heterocycles. The second kappa shape index (κ2) is 5.13. The molecule has 0 aromatic carbocycles. The fourth-order valence-corrected chi connectivity index (χ4v) is 5.00. The Balaban J connectivity index is 2.58. The van der Waals surface area contributed by atoms with E-state index in [0.717, 1.165) is 38.6 Å². The molecule has 0 atom stereocenters. The zero-order valence-electron chi connectivity index (χ0n) is 11.1. The molecule has 0 unspecified atom stereocenters. The van der Waals surface area contributed by atoms with Crippen molar-refractivity contribution in [2.24, 2.45) is 0 Å². The van der Waals surface area contributed by atoms with Crippen LogP contribution in [-0.4, -0.2) is 33.5 Å². The van der Waals surface area contributed by atoms with Crippen LogP contribution in [-0.2, 0) is 9.84 Å². The minimum atomic E-state index is -3.43. The third-order valence-corrected chi connectivity index (χ3v) is 5.87. The Kier molecular flexibility index (Phi) is 3.87. The molecule has 1 fully saturated rings. The number of hydrogen-bond donors (Lipinski definition) is 1. The van der Waals surface area contributed by atoms with E-state index in [-0.39, 0.29) is 16.4 Å². The van der Waals surface area contributed by atoms with Crippen LogP contribution in [0.4, 0.5) is 10.7 Å². The number of nitrogens with two attached hydrogens (primary N) is 1. The van der Waals surface area contributed by atoms with Crippen LogP contribution in [0.2, 0.25) is 0 Å². The summed E-state index contributed by atoms with van der Waals surface area (Å²) in [6.45, 7) is 3.05. The van der Waals surface area contributed by atoms with E-state index in [0.29, 0.717) is 9.88 Å². The molecule has 1 aliphatic rings. The van der Waals surface area contributed by atoms with Gasteiger partial charge < -0.3 is 10.6 Å². The molecule has 2 rings (SSSR count). The number of rotatable bonds is 3. The van der Waals surface area contributed by atoms with Gasteiger partial charge >= 0.3 is 0 Å². The highest BCUT2D eigenvalue weighted by atomic mass is 32.2. The molecule has 0 radical (unpaired) electrons. The molecule has 5 nitrogen and oxygen atoms in total. The Morgan fingerprint density at radius 1 is 1.26 bits per heavy atom. The van der Waals surface area contributed by atoms with Crippen LogP contribution in [0.25, 0.3) is 0 Å². The van der Waals surface area contributed by atoms with Crippen LogP contribution in [0, 0.1) is 0 Å². The maximum Gasteiger partial charge on any atom is 0.180 e. The summed E-state index contributed by atoms with van der Waals surface area (Å²) in [6, 6.07) is 0. The molecule has 7 heteroatoms. The van der Waals surface area contributed by atoms with E-state index >= 15 is 0 Å². The number of nitrogens with zero attached hydrogens (tertiary/aromatic N) is 1. The first-order valence-electron chi connectivity index (χ1n) is 6.20. The molecule has 0 bridgehead atoms. The number of carbonyl (C=O) groups is 1. The highest BCUT2D eigenvalue weighted by molar-refractivity contribution is 7.91. The van der Waals surface area contributed by atoms with Crippen LogP contribution in [0.3, 0.4) is 0 Å². The van der Waals surface area contributed by atoms with E-state index in [1.165, 1.54) is 18.3 Å². The fraction of sp³-hybridized carbons (Fsp3) is 0.583. The fourth-order valence-electron chi connectivity index (χ4n) is 2.34. The normalized spacial score (nSPS) is 16.6. The van der Waals surface area contributed by atoms with E-state index in [1.54, 1.807) is 0 Å². The summed E-state index contributed by atoms with van der Waals surface area (Å²) in [5.41, 5.74) is 5.99. The zero-order valence-corrected chi connectivity index (χ0v) is 12.7. The number of sulfone groups is 1. The number of ketones is 1. The smallest absolute Gasteiger partial charge is 0.180 e. The second-order valence-corrected chi connectivity index (χ2v) is 7.81. The van der Waals surface area contributed by atoms with Gasteiger partial charge in [-0.1, -0.05) is 0 Å². The lowest BCUT2D eigenvalue weighted by Crippen LogP contribution is -2.29. The molecular weight excluding hydrogens is 284 g/mol. The van der Waals surface area contributed by atoms with Crippen molar-refractivity contribution in [3.63, 3.8) is 0 Å². The van der Waals surface area contributed by atoms with Crippen molar-refractivity contribution in [3.05, 3.63) is 4.88 Å². The van der Waals surface area contributed by atoms with Crippen molar-refractivity contribution in [2.75, 3.05) is 30.0 Å². The molecule has 0 spiro atoms. The Morgan fingerprint density at radius 2 is 1.84 bits per heavy atom. The number of hydrogen-bond acceptors (Lipinski definition) is 6. The van der Waals surface area contributed by atoms with Crippen molar-refractivity contribution < 1.29 is 13.2 Å². The standard InChI is InChI=1S/C12H18N2O3S2/c1-8(15)10-9(13)11(19(2,16)17)12(18-10)14-6-4-3-5-7-14/h3-7,13H2,1-2H3. The van der Waals surface area contributed by atoms with Crippen molar-refractivity contribution >= 4 is 37.6 Å². The quantitative estimate of drug-likeness (QED) is 0.863. The van der Waals surface area contributed by atoms with Gasteiger partial charge in [0.1, 0.15) is 9.90 Å². The predicted octanol–water partition coefficient (Wildman–Crippen LogP) is 1.93. The van der Waals surface area contributed by atoms with Crippen molar-refractivity contribution in [3.8, 4) is 0 Å². The van der Waals surface area contributed by atoms with Gasteiger partial charge in [0.15, 0.2) is 15.6 Å². The minimum Gasteiger partial charge on any atom is -0.396 e. The molecule has 106 valence electrons. The molecule has 0 saturated carbocycles. The summed E-state index contributed by atoms with van der Waals surface area (Å²) in [6.07, 6.45) is 4.38. The van der Waals surface area contributed by atoms with Crippen molar-refractivity contribution in [2.45, 2.75) is 31.1 Å². The van der Waals surface area contributed by atoms with Crippen LogP contribution in [0.15, 0.2) is 4.90 Å². The molecule has 1 aliphatic heterocycles. The summed E-state index contributed by atoms with van der Waals surface area (Å²) in [5, 5.41) is 0.630. The van der Waals surface area contributed by atoms with E-state index in [2.05, 4.69) is 0 Å². The van der Waals surface area contributed by atoms with Gasteiger partial charge in [-0.3, -0.25) is 4.79 Å². The zero-order chi connectivity index (χ0) is 14.2. The SMILES string of the molecule is CC(=O)c1sc(N2CCCCC2)c(S(C)(=O)=O)c1N. The van der Waals surface area contributed by atoms with E-state index < -0.39 is 9.84 Å². The second-order valence-electron chi connectivity index (χ2n) is 4.86. The summed E-state index contributed by atoms with van der Waals surface area (Å²) in [4.78, 5) is 14.1.